The average Bonchev–Trinajstić information content (AvgIpc) is 3.45. The minimum absolute atomic E-state index is 0.0355. The second kappa shape index (κ2) is 11.8. The highest BCUT2D eigenvalue weighted by atomic mass is 19.1. The third-order valence-electron chi connectivity index (χ3n) is 6.78. The molecule has 0 unspecified atom stereocenters. The molecule has 3 aromatic carbocycles. The fourth-order valence-electron chi connectivity index (χ4n) is 4.78. The van der Waals surface area contributed by atoms with E-state index in [0.29, 0.717) is 22.3 Å². The zero-order chi connectivity index (χ0) is 30.8. The number of halogens is 3. The van der Waals surface area contributed by atoms with Crippen molar-refractivity contribution < 1.29 is 27.4 Å². The molecule has 3 heterocycles. The van der Waals surface area contributed by atoms with E-state index in [0.717, 1.165) is 6.07 Å². The van der Waals surface area contributed by atoms with Crippen molar-refractivity contribution in [1.29, 1.82) is 0 Å². The van der Waals surface area contributed by atoms with Crippen molar-refractivity contribution >= 4 is 17.1 Å². The molecule has 0 aliphatic rings. The third kappa shape index (κ3) is 5.38. The first-order valence-electron chi connectivity index (χ1n) is 13.5. The Labute approximate surface area is 248 Å². The number of nitrogens with one attached hydrogen (secondary N) is 1. The number of hydrogen-bond donors (Lipinski definition) is 1. The number of carbonyl (C=O) groups is 1. The van der Waals surface area contributed by atoms with Gasteiger partial charge >= 0.3 is 0 Å². The largest absolute Gasteiger partial charge is 0.493 e. The third-order valence-corrected chi connectivity index (χ3v) is 6.78. The van der Waals surface area contributed by atoms with Crippen LogP contribution in [0.15, 0.2) is 108 Å². The molecule has 0 aliphatic carbocycles. The number of amides is 1. The molecule has 0 saturated heterocycles. The molecule has 1 N–H and O–H groups in total. The van der Waals surface area contributed by atoms with Gasteiger partial charge in [-0.2, -0.15) is 5.10 Å². The van der Waals surface area contributed by atoms with Gasteiger partial charge < -0.3 is 14.8 Å². The maximum Gasteiger partial charge on any atom is 0.271 e. The second-order valence-corrected chi connectivity index (χ2v) is 9.54. The van der Waals surface area contributed by atoms with E-state index in [-0.39, 0.29) is 35.1 Å². The van der Waals surface area contributed by atoms with Crippen LogP contribution in [0.4, 0.5) is 18.9 Å². The molecule has 0 atom stereocenters. The van der Waals surface area contributed by atoms with E-state index >= 15 is 4.39 Å². The molecule has 0 saturated carbocycles. The van der Waals surface area contributed by atoms with Crippen LogP contribution < -0.4 is 20.3 Å². The van der Waals surface area contributed by atoms with Crippen LogP contribution in [0.5, 0.6) is 17.2 Å². The monoisotopic (exact) mass is 596 g/mol. The standard InChI is InChI=1S/C33H23F3N4O4/c1-2-43-28-15-17-39(22-10-7-20(34)8-11-22)33(42)30(28)32(41)38-21-9-12-27(26(36)19-21)44-29-13-16-37-40-18-14-24(31(29)40)23-5-3-4-6-25(23)35/h3-19H,2H2,1H3,(H,38,41). The van der Waals surface area contributed by atoms with Crippen molar-refractivity contribution in [2.75, 3.05) is 11.9 Å². The summed E-state index contributed by atoms with van der Waals surface area (Å²) in [6.07, 6.45) is 4.53. The molecule has 0 aliphatic heterocycles. The van der Waals surface area contributed by atoms with Gasteiger partial charge in [-0.25, -0.2) is 17.7 Å². The maximum absolute atomic E-state index is 15.3. The molecular weight excluding hydrogens is 573 g/mol. The predicted octanol–water partition coefficient (Wildman–Crippen LogP) is 7.01. The first kappa shape index (κ1) is 28.3. The van der Waals surface area contributed by atoms with Gasteiger partial charge in [0.1, 0.15) is 28.5 Å². The summed E-state index contributed by atoms with van der Waals surface area (Å²) in [4.78, 5) is 26.7. The Morgan fingerprint density at radius 1 is 0.841 bits per heavy atom. The number of pyridine rings is 1. The number of rotatable bonds is 8. The maximum atomic E-state index is 15.3. The highest BCUT2D eigenvalue weighted by Crippen LogP contribution is 2.36. The molecule has 1 amide bonds. The van der Waals surface area contributed by atoms with Crippen LogP contribution in [-0.2, 0) is 0 Å². The topological polar surface area (TPSA) is 86.9 Å². The Bertz CT molecular complexity index is 2070. The van der Waals surface area contributed by atoms with Gasteiger partial charge in [0.2, 0.25) is 0 Å². The van der Waals surface area contributed by atoms with Crippen molar-refractivity contribution in [2.45, 2.75) is 6.92 Å². The van der Waals surface area contributed by atoms with Crippen molar-refractivity contribution in [1.82, 2.24) is 14.2 Å². The number of fused-ring (bicyclic) bond motifs is 1. The van der Waals surface area contributed by atoms with Crippen LogP contribution in [0.3, 0.4) is 0 Å². The van der Waals surface area contributed by atoms with E-state index in [1.54, 1.807) is 37.4 Å². The van der Waals surface area contributed by atoms with Gasteiger partial charge in [0, 0.05) is 47.0 Å². The summed E-state index contributed by atoms with van der Waals surface area (Å²) >= 11 is 0. The summed E-state index contributed by atoms with van der Waals surface area (Å²) in [6, 6.07) is 19.9. The van der Waals surface area contributed by atoms with Gasteiger partial charge in [0.05, 0.1) is 12.8 Å². The fraction of sp³-hybridized carbons (Fsp3) is 0.0606. The number of nitrogens with zero attached hydrogens (tertiary/aromatic N) is 3. The Morgan fingerprint density at radius 3 is 2.39 bits per heavy atom. The lowest BCUT2D eigenvalue weighted by atomic mass is 10.1. The minimum atomic E-state index is -0.832. The molecule has 8 nitrogen and oxygen atoms in total. The van der Waals surface area contributed by atoms with Crippen LogP contribution in [0.1, 0.15) is 17.3 Å². The lowest BCUT2D eigenvalue weighted by Gasteiger charge is -2.14. The smallest absolute Gasteiger partial charge is 0.271 e. The summed E-state index contributed by atoms with van der Waals surface area (Å²) in [5, 5.41) is 6.77. The van der Waals surface area contributed by atoms with E-state index in [2.05, 4.69) is 10.4 Å². The molecule has 3 aromatic heterocycles. The zero-order valence-corrected chi connectivity index (χ0v) is 23.1. The molecule has 6 rings (SSSR count). The predicted molar refractivity (Wildman–Crippen MR) is 158 cm³/mol. The van der Waals surface area contributed by atoms with Gasteiger partial charge in [-0.3, -0.25) is 14.2 Å². The van der Waals surface area contributed by atoms with Crippen LogP contribution in [0.2, 0.25) is 0 Å². The van der Waals surface area contributed by atoms with E-state index < -0.39 is 28.9 Å². The highest BCUT2D eigenvalue weighted by Gasteiger charge is 2.21. The molecule has 6 aromatic rings. The van der Waals surface area contributed by atoms with E-state index in [4.69, 9.17) is 9.47 Å². The summed E-state index contributed by atoms with van der Waals surface area (Å²) in [6.45, 7) is 1.88. The van der Waals surface area contributed by atoms with E-state index in [1.165, 1.54) is 76.1 Å². The molecule has 0 bridgehead atoms. The Hall–Kier alpha value is -5.84. The summed E-state index contributed by atoms with van der Waals surface area (Å²) in [7, 11) is 0. The number of benzene rings is 3. The molecule has 44 heavy (non-hydrogen) atoms. The quantitative estimate of drug-likeness (QED) is 0.204. The molecular formula is C33H23F3N4O4. The fourth-order valence-corrected chi connectivity index (χ4v) is 4.78. The Balaban J connectivity index is 1.29. The van der Waals surface area contributed by atoms with Crippen LogP contribution in [0.25, 0.3) is 22.3 Å². The van der Waals surface area contributed by atoms with Gasteiger partial charge in [-0.1, -0.05) is 18.2 Å². The van der Waals surface area contributed by atoms with Gasteiger partial charge in [-0.15, -0.1) is 0 Å². The summed E-state index contributed by atoms with van der Waals surface area (Å²) in [5.74, 6) is -2.45. The van der Waals surface area contributed by atoms with Crippen molar-refractivity contribution in [2.24, 2.45) is 0 Å². The molecule has 0 spiro atoms. The van der Waals surface area contributed by atoms with E-state index in [1.807, 2.05) is 0 Å². The number of anilines is 1. The minimum Gasteiger partial charge on any atom is -0.493 e. The Morgan fingerprint density at radius 2 is 1.64 bits per heavy atom. The van der Waals surface area contributed by atoms with Crippen molar-refractivity contribution in [3.63, 3.8) is 0 Å². The normalized spacial score (nSPS) is 11.0. The van der Waals surface area contributed by atoms with Gasteiger partial charge in [0.15, 0.2) is 17.3 Å². The SMILES string of the molecule is CCOc1ccn(-c2ccc(F)cc2)c(=O)c1C(=O)Nc1ccc(Oc2ccnn3ccc(-c4ccccc4F)c23)c(F)c1. The average molecular weight is 597 g/mol. The molecule has 0 radical (unpaired) electrons. The summed E-state index contributed by atoms with van der Waals surface area (Å²) < 4.78 is 57.4. The number of hydrogen-bond acceptors (Lipinski definition) is 5. The summed E-state index contributed by atoms with van der Waals surface area (Å²) in [5.41, 5.74) is 0.639. The van der Waals surface area contributed by atoms with Gasteiger partial charge in [-0.05, 0) is 61.5 Å². The van der Waals surface area contributed by atoms with Gasteiger partial charge in [0.25, 0.3) is 11.5 Å². The lowest BCUT2D eigenvalue weighted by molar-refractivity contribution is 0.102. The number of ether oxygens (including phenoxy) is 2. The van der Waals surface area contributed by atoms with Crippen LogP contribution >= 0.6 is 0 Å². The highest BCUT2D eigenvalue weighted by molar-refractivity contribution is 6.06. The number of carbonyl (C=O) groups excluding carboxylic acids is 1. The second-order valence-electron chi connectivity index (χ2n) is 9.54. The van der Waals surface area contributed by atoms with Crippen LogP contribution in [0, 0.1) is 17.5 Å². The molecule has 0 fully saturated rings. The lowest BCUT2D eigenvalue weighted by Crippen LogP contribution is -2.29. The molecule has 11 heteroatoms. The Kier molecular flexibility index (Phi) is 7.59. The molecule has 220 valence electrons. The van der Waals surface area contributed by atoms with Crippen molar-refractivity contribution in [3.8, 4) is 34.1 Å². The van der Waals surface area contributed by atoms with Crippen molar-refractivity contribution in [3.05, 3.63) is 137 Å². The zero-order valence-electron chi connectivity index (χ0n) is 23.1. The van der Waals surface area contributed by atoms with Crippen LogP contribution in [-0.4, -0.2) is 26.7 Å². The first-order valence-corrected chi connectivity index (χ1v) is 13.5. The van der Waals surface area contributed by atoms with E-state index in [9.17, 15) is 18.4 Å². The first-order chi connectivity index (χ1) is 21.3. The number of aromatic nitrogens is 3.